The fourth-order valence-electron chi connectivity index (χ4n) is 8.46. The minimum atomic E-state index is 0.334. The van der Waals surface area contributed by atoms with Crippen molar-refractivity contribution in [2.45, 2.75) is 52.4 Å². The lowest BCUT2D eigenvalue weighted by Crippen LogP contribution is -2.66. The van der Waals surface area contributed by atoms with Crippen LogP contribution in [-0.2, 0) is 0 Å². The molecule has 7 aliphatic rings. The van der Waals surface area contributed by atoms with Crippen LogP contribution in [0.4, 0.5) is 0 Å². The van der Waals surface area contributed by atoms with Crippen LogP contribution in [0.3, 0.4) is 0 Å². The predicted octanol–water partition coefficient (Wildman–Crippen LogP) is 5.51. The van der Waals surface area contributed by atoms with Gasteiger partial charge in [0.1, 0.15) is 0 Å². The second kappa shape index (κ2) is 4.98. The lowest BCUT2D eigenvalue weighted by atomic mass is 9.31. The van der Waals surface area contributed by atoms with Crippen LogP contribution in [0.5, 0.6) is 0 Å². The fourth-order valence-corrected chi connectivity index (χ4v) is 8.46. The van der Waals surface area contributed by atoms with Crippen molar-refractivity contribution in [3.8, 4) is 23.7 Å². The Hall–Kier alpha value is -1.66. The molecule has 1 aromatic rings. The van der Waals surface area contributed by atoms with E-state index in [-0.39, 0.29) is 0 Å². The molecule has 0 radical (unpaired) electrons. The van der Waals surface area contributed by atoms with E-state index in [9.17, 15) is 0 Å². The molecule has 0 unspecified atom stereocenters. The maximum absolute atomic E-state index is 3.85. The Kier molecular flexibility index (Phi) is 2.95. The lowest BCUT2D eigenvalue weighted by molar-refractivity contribution is -0.241. The van der Waals surface area contributed by atoms with E-state index in [1.54, 1.807) is 0 Å². The molecule has 8 rings (SSSR count). The number of hydrogen-bond donors (Lipinski definition) is 0. The first-order chi connectivity index (χ1) is 12.6. The van der Waals surface area contributed by atoms with Gasteiger partial charge in [-0.3, -0.25) is 0 Å². The van der Waals surface area contributed by atoms with Crippen LogP contribution in [0.25, 0.3) is 0 Å². The van der Waals surface area contributed by atoms with Gasteiger partial charge in [-0.25, -0.2) is 0 Å². The summed E-state index contributed by atoms with van der Waals surface area (Å²) in [5.41, 5.74) is 3.28. The van der Waals surface area contributed by atoms with Crippen molar-refractivity contribution in [3.05, 3.63) is 35.4 Å². The molecule has 0 aliphatic heterocycles. The van der Waals surface area contributed by atoms with Gasteiger partial charge in [0, 0.05) is 16.5 Å². The number of rotatable bonds is 0. The van der Waals surface area contributed by atoms with Gasteiger partial charge in [0.25, 0.3) is 0 Å². The minimum absolute atomic E-state index is 0.334. The standard InChI is InChI=1S/C26H28/c1-3-5-17-6-4-7-18(10-17)8-9-26-14-22-19-11-25(2)12-20(22)24(16-26)21(13-25)23(19)15-26/h4,6-7,10,19-24H,11-16H2,1-2H3. The van der Waals surface area contributed by atoms with Gasteiger partial charge >= 0.3 is 0 Å². The summed E-state index contributed by atoms with van der Waals surface area (Å²) in [5, 5.41) is 0. The highest BCUT2D eigenvalue weighted by Gasteiger charge is 2.69. The highest BCUT2D eigenvalue weighted by atomic mass is 14.7. The number of hydrogen-bond acceptors (Lipinski definition) is 0. The Balaban J connectivity index is 1.34. The molecule has 7 aliphatic carbocycles. The van der Waals surface area contributed by atoms with Crippen LogP contribution >= 0.6 is 0 Å². The third kappa shape index (κ3) is 2.00. The molecule has 7 saturated carbocycles. The molecule has 1 aromatic carbocycles. The highest BCUT2D eigenvalue weighted by Crippen LogP contribution is 2.76. The number of benzene rings is 1. The maximum Gasteiger partial charge on any atom is 0.0327 e. The summed E-state index contributed by atoms with van der Waals surface area (Å²) in [6, 6.07) is 8.50. The molecule has 0 heterocycles. The van der Waals surface area contributed by atoms with Crippen molar-refractivity contribution in [2.75, 3.05) is 0 Å². The van der Waals surface area contributed by atoms with E-state index in [1.165, 1.54) is 38.5 Å². The lowest BCUT2D eigenvalue weighted by Gasteiger charge is -2.74. The van der Waals surface area contributed by atoms with E-state index in [4.69, 9.17) is 0 Å². The summed E-state index contributed by atoms with van der Waals surface area (Å²) in [5.74, 6) is 19.8. The van der Waals surface area contributed by atoms with E-state index >= 15 is 0 Å². The zero-order valence-corrected chi connectivity index (χ0v) is 16.0. The molecule has 0 aromatic heterocycles. The molecule has 132 valence electrons. The monoisotopic (exact) mass is 340 g/mol. The van der Waals surface area contributed by atoms with Gasteiger partial charge < -0.3 is 0 Å². The molecule has 8 bridgehead atoms. The van der Waals surface area contributed by atoms with Crippen LogP contribution in [0, 0.1) is 70.0 Å². The van der Waals surface area contributed by atoms with Gasteiger partial charge in [0.05, 0.1) is 0 Å². The van der Waals surface area contributed by atoms with Crippen LogP contribution < -0.4 is 0 Å². The molecular formula is C26H28. The summed E-state index contributed by atoms with van der Waals surface area (Å²) in [6.45, 7) is 4.50. The Bertz CT molecular complexity index is 832. The van der Waals surface area contributed by atoms with Gasteiger partial charge in [0.2, 0.25) is 0 Å². The fraction of sp³-hybridized carbons (Fsp3) is 0.615. The first kappa shape index (κ1) is 15.4. The van der Waals surface area contributed by atoms with Gasteiger partial charge in [-0.05, 0) is 105 Å². The first-order valence-electron chi connectivity index (χ1n) is 10.6. The van der Waals surface area contributed by atoms with Gasteiger partial charge in [-0.1, -0.05) is 30.8 Å². The zero-order chi connectivity index (χ0) is 17.5. The molecule has 26 heavy (non-hydrogen) atoms. The van der Waals surface area contributed by atoms with Gasteiger partial charge in [0.15, 0.2) is 0 Å². The second-order valence-corrected chi connectivity index (χ2v) is 10.5. The van der Waals surface area contributed by atoms with Crippen LogP contribution in [0.2, 0.25) is 0 Å². The molecule has 0 heteroatoms. The van der Waals surface area contributed by atoms with Crippen LogP contribution in [0.1, 0.15) is 63.5 Å². The van der Waals surface area contributed by atoms with E-state index in [0.717, 1.165) is 46.6 Å². The largest absolute Gasteiger partial charge is 0.101 e. The van der Waals surface area contributed by atoms with Crippen molar-refractivity contribution in [3.63, 3.8) is 0 Å². The van der Waals surface area contributed by atoms with Crippen molar-refractivity contribution in [1.29, 1.82) is 0 Å². The van der Waals surface area contributed by atoms with Crippen molar-refractivity contribution < 1.29 is 0 Å². The van der Waals surface area contributed by atoms with E-state index in [1.807, 2.05) is 6.92 Å². The average Bonchev–Trinajstić information content (AvgIpc) is 2.64. The molecule has 0 spiro atoms. The quantitative estimate of drug-likeness (QED) is 0.546. The second-order valence-electron chi connectivity index (χ2n) is 10.5. The maximum atomic E-state index is 3.85. The SMILES string of the molecule is CC#Cc1cccc(C#CC23CC4C5CC6(C)CC4C(C2)C(C6)C5C3)c1. The highest BCUT2D eigenvalue weighted by molar-refractivity contribution is 5.44. The molecule has 0 saturated heterocycles. The molecular weight excluding hydrogens is 312 g/mol. The van der Waals surface area contributed by atoms with Crippen molar-refractivity contribution in [2.24, 2.45) is 46.3 Å². The first-order valence-corrected chi connectivity index (χ1v) is 10.6. The smallest absolute Gasteiger partial charge is 0.0327 e. The summed E-state index contributed by atoms with van der Waals surface area (Å²) in [6.07, 6.45) is 8.80. The third-order valence-corrected chi connectivity index (χ3v) is 8.97. The Morgan fingerprint density at radius 2 is 1.27 bits per heavy atom. The molecule has 7 fully saturated rings. The van der Waals surface area contributed by atoms with Crippen LogP contribution in [0.15, 0.2) is 24.3 Å². The van der Waals surface area contributed by atoms with E-state index in [2.05, 4.69) is 54.9 Å². The van der Waals surface area contributed by atoms with E-state index < -0.39 is 0 Å². The third-order valence-electron chi connectivity index (χ3n) is 8.97. The van der Waals surface area contributed by atoms with Gasteiger partial charge in [-0.15, -0.1) is 5.92 Å². The van der Waals surface area contributed by atoms with E-state index in [0.29, 0.717) is 10.8 Å². The topological polar surface area (TPSA) is 0 Å². The summed E-state index contributed by atoms with van der Waals surface area (Å²) < 4.78 is 0. The Morgan fingerprint density at radius 1 is 0.769 bits per heavy atom. The molecule has 0 atom stereocenters. The van der Waals surface area contributed by atoms with Crippen molar-refractivity contribution in [1.82, 2.24) is 0 Å². The Labute approximate surface area is 158 Å². The summed E-state index contributed by atoms with van der Waals surface area (Å²) in [4.78, 5) is 0. The minimum Gasteiger partial charge on any atom is -0.101 e. The van der Waals surface area contributed by atoms with Crippen LogP contribution in [-0.4, -0.2) is 0 Å². The van der Waals surface area contributed by atoms with Crippen molar-refractivity contribution >= 4 is 0 Å². The summed E-state index contributed by atoms with van der Waals surface area (Å²) in [7, 11) is 0. The molecule has 0 nitrogen and oxygen atoms in total. The summed E-state index contributed by atoms with van der Waals surface area (Å²) >= 11 is 0. The molecule has 0 N–H and O–H groups in total. The predicted molar refractivity (Wildman–Crippen MR) is 105 cm³/mol. The Morgan fingerprint density at radius 3 is 1.81 bits per heavy atom. The normalized spacial score (nSPS) is 48.7. The van der Waals surface area contributed by atoms with Gasteiger partial charge in [-0.2, -0.15) is 0 Å². The zero-order valence-electron chi connectivity index (χ0n) is 16.0. The average molecular weight is 341 g/mol. The molecule has 0 amide bonds.